The van der Waals surface area contributed by atoms with Crippen LogP contribution in [0.2, 0.25) is 0 Å². The fraction of sp³-hybridized carbons (Fsp3) is 0.471. The Morgan fingerprint density at radius 3 is 2.14 bits per heavy atom. The van der Waals surface area contributed by atoms with E-state index < -0.39 is 27.8 Å². The second kappa shape index (κ2) is 10.0. The molecule has 156 valence electrons. The van der Waals surface area contributed by atoms with Gasteiger partial charge in [0.05, 0.1) is 10.6 Å². The number of anilines is 1. The first-order valence-corrected chi connectivity index (χ1v) is 10.5. The van der Waals surface area contributed by atoms with E-state index in [1.807, 2.05) is 4.90 Å². The van der Waals surface area contributed by atoms with Crippen molar-refractivity contribution in [1.82, 2.24) is 0 Å². The van der Waals surface area contributed by atoms with Crippen LogP contribution in [0, 0.1) is 0 Å². The van der Waals surface area contributed by atoms with Crippen LogP contribution in [0.25, 0.3) is 0 Å². The molecule has 1 fully saturated rings. The maximum absolute atomic E-state index is 12.1. The van der Waals surface area contributed by atoms with Gasteiger partial charge in [0, 0.05) is 24.9 Å². The smallest absolute Gasteiger partial charge is 0.332 e. The Balaban J connectivity index is 0.000000568. The van der Waals surface area contributed by atoms with Crippen molar-refractivity contribution in [3.05, 3.63) is 23.8 Å². The van der Waals surface area contributed by atoms with E-state index in [2.05, 4.69) is 4.99 Å². The average molecular weight is 414 g/mol. The quantitative estimate of drug-likeness (QED) is 0.388. The molecule has 0 saturated carbocycles. The summed E-state index contributed by atoms with van der Waals surface area (Å²) in [4.78, 5) is 26.9. The van der Waals surface area contributed by atoms with Gasteiger partial charge in [-0.3, -0.25) is 4.79 Å². The Morgan fingerprint density at radius 2 is 1.71 bits per heavy atom. The van der Waals surface area contributed by atoms with Gasteiger partial charge in [0.2, 0.25) is 0 Å². The van der Waals surface area contributed by atoms with E-state index >= 15 is 0 Å². The van der Waals surface area contributed by atoms with Gasteiger partial charge in [-0.2, -0.15) is 4.99 Å². The number of carboxylic acid groups (broad SMARTS) is 1. The first-order chi connectivity index (χ1) is 12.9. The van der Waals surface area contributed by atoms with Gasteiger partial charge < -0.3 is 26.6 Å². The van der Waals surface area contributed by atoms with E-state index in [1.165, 1.54) is 13.0 Å². The number of guanidine groups is 1. The van der Waals surface area contributed by atoms with Crippen molar-refractivity contribution in [3.63, 3.8) is 0 Å². The Kier molecular flexibility index (Phi) is 8.38. The van der Waals surface area contributed by atoms with Crippen LogP contribution in [-0.2, 0) is 14.6 Å². The third-order valence-electron chi connectivity index (χ3n) is 3.89. The van der Waals surface area contributed by atoms with Gasteiger partial charge in [-0.15, -0.1) is 0 Å². The zero-order valence-corrected chi connectivity index (χ0v) is 16.6. The first kappa shape index (κ1) is 23.4. The van der Waals surface area contributed by atoms with Crippen LogP contribution in [-0.4, -0.2) is 61.9 Å². The molecule has 1 amide bonds. The molecule has 1 aromatic rings. The molecular formula is C17H26N4O6S. The van der Waals surface area contributed by atoms with Crippen molar-refractivity contribution >= 4 is 33.4 Å². The molecule has 1 heterocycles. The Morgan fingerprint density at radius 1 is 1.18 bits per heavy atom. The predicted octanol–water partition coefficient (Wildman–Crippen LogP) is -0.0542. The average Bonchev–Trinajstić information content (AvgIpc) is 2.61. The maximum atomic E-state index is 12.1. The molecule has 1 aliphatic heterocycles. The number of aliphatic imine (C=N–C) groups is 1. The number of hydrogen-bond donors (Lipinski definition) is 4. The molecule has 28 heavy (non-hydrogen) atoms. The largest absolute Gasteiger partial charge is 0.479 e. The highest BCUT2D eigenvalue weighted by atomic mass is 32.2. The summed E-state index contributed by atoms with van der Waals surface area (Å²) in [5.41, 5.74) is 11.1. The first-order valence-electron chi connectivity index (χ1n) is 8.57. The van der Waals surface area contributed by atoms with Crippen LogP contribution in [0.1, 0.15) is 36.5 Å². The maximum Gasteiger partial charge on any atom is 0.332 e. The van der Waals surface area contributed by atoms with Crippen LogP contribution in [0.15, 0.2) is 28.1 Å². The van der Waals surface area contributed by atoms with E-state index in [9.17, 15) is 18.0 Å². The third-order valence-corrected chi connectivity index (χ3v) is 5.02. The molecule has 0 bridgehead atoms. The minimum atomic E-state index is -3.47. The standard InChI is InChI=1S/C14H20N4O3S.C3H6O3/c1-22(20,21)12-9-10(13(19)17-14(15)16)5-6-11(12)18-7-3-2-4-8-18;1-2(4)3(5)6/h5-6,9H,2-4,7-8H2,1H3,(H4,15,16,17,19);2,4H,1H3,(H,5,6). The van der Waals surface area contributed by atoms with Crippen molar-refractivity contribution in [2.24, 2.45) is 16.5 Å². The van der Waals surface area contributed by atoms with Gasteiger partial charge >= 0.3 is 5.97 Å². The molecule has 1 saturated heterocycles. The topological polar surface area (TPSA) is 176 Å². The highest BCUT2D eigenvalue weighted by Gasteiger charge is 2.21. The molecule has 10 nitrogen and oxygen atoms in total. The molecule has 11 heteroatoms. The molecule has 0 radical (unpaired) electrons. The lowest BCUT2D eigenvalue weighted by atomic mass is 10.1. The summed E-state index contributed by atoms with van der Waals surface area (Å²) in [5, 5.41) is 15.8. The highest BCUT2D eigenvalue weighted by molar-refractivity contribution is 7.90. The van der Waals surface area contributed by atoms with Gasteiger partial charge in [-0.05, 0) is 44.4 Å². The number of carboxylic acids is 1. The number of aliphatic carboxylic acids is 1. The third kappa shape index (κ3) is 7.16. The number of aliphatic hydroxyl groups is 1. The summed E-state index contributed by atoms with van der Waals surface area (Å²) < 4.78 is 24.1. The van der Waals surface area contributed by atoms with Gasteiger partial charge in [-0.1, -0.05) is 0 Å². The van der Waals surface area contributed by atoms with E-state index in [0.29, 0.717) is 5.69 Å². The zero-order valence-electron chi connectivity index (χ0n) is 15.8. The molecule has 0 aliphatic carbocycles. The van der Waals surface area contributed by atoms with Crippen LogP contribution >= 0.6 is 0 Å². The monoisotopic (exact) mass is 414 g/mol. The van der Waals surface area contributed by atoms with Gasteiger partial charge in [0.15, 0.2) is 15.8 Å². The summed E-state index contributed by atoms with van der Waals surface area (Å²) in [5.74, 6) is -2.20. The fourth-order valence-electron chi connectivity index (χ4n) is 2.52. The number of carbonyl (C=O) groups is 2. The number of aliphatic hydroxyl groups excluding tert-OH is 1. The lowest BCUT2D eigenvalue weighted by molar-refractivity contribution is -0.145. The Hall–Kier alpha value is -2.66. The summed E-state index contributed by atoms with van der Waals surface area (Å²) >= 11 is 0. The Bertz CT molecular complexity index is 841. The minimum absolute atomic E-state index is 0.131. The molecule has 1 aromatic carbocycles. The second-order valence-electron chi connectivity index (χ2n) is 6.36. The van der Waals surface area contributed by atoms with Gasteiger partial charge in [0.25, 0.3) is 5.91 Å². The summed E-state index contributed by atoms with van der Waals surface area (Å²) in [6.07, 6.45) is 3.09. The number of benzene rings is 1. The molecule has 2 rings (SSSR count). The molecule has 1 atom stereocenters. The van der Waals surface area contributed by atoms with Gasteiger partial charge in [-0.25, -0.2) is 13.2 Å². The van der Waals surface area contributed by atoms with Crippen molar-refractivity contribution in [3.8, 4) is 0 Å². The van der Waals surface area contributed by atoms with Crippen LogP contribution in [0.3, 0.4) is 0 Å². The van der Waals surface area contributed by atoms with Crippen LogP contribution in [0.5, 0.6) is 0 Å². The normalized spacial score (nSPS) is 15.0. The molecule has 0 aromatic heterocycles. The zero-order chi connectivity index (χ0) is 21.5. The van der Waals surface area contributed by atoms with Crippen molar-refractivity contribution in [2.75, 3.05) is 24.2 Å². The number of piperidine rings is 1. The molecular weight excluding hydrogens is 388 g/mol. The summed E-state index contributed by atoms with van der Waals surface area (Å²) in [6.45, 7) is 2.82. The lowest BCUT2D eigenvalue weighted by Crippen LogP contribution is -2.30. The number of carbonyl (C=O) groups excluding carboxylic acids is 1. The Labute approximate surface area is 163 Å². The second-order valence-corrected chi connectivity index (χ2v) is 8.34. The summed E-state index contributed by atoms with van der Waals surface area (Å²) in [6, 6.07) is 4.54. The summed E-state index contributed by atoms with van der Waals surface area (Å²) in [7, 11) is -3.47. The molecule has 1 aliphatic rings. The number of hydrogen-bond acceptors (Lipinski definition) is 6. The molecule has 6 N–H and O–H groups in total. The number of nitrogens with zero attached hydrogens (tertiary/aromatic N) is 2. The molecule has 1 unspecified atom stereocenters. The minimum Gasteiger partial charge on any atom is -0.479 e. The van der Waals surface area contributed by atoms with Crippen molar-refractivity contribution in [1.29, 1.82) is 0 Å². The van der Waals surface area contributed by atoms with Crippen molar-refractivity contribution in [2.45, 2.75) is 37.2 Å². The van der Waals surface area contributed by atoms with E-state index in [-0.39, 0.29) is 16.4 Å². The van der Waals surface area contributed by atoms with Crippen LogP contribution in [0.4, 0.5) is 5.69 Å². The highest BCUT2D eigenvalue weighted by Crippen LogP contribution is 2.29. The molecule has 0 spiro atoms. The van der Waals surface area contributed by atoms with E-state index in [0.717, 1.165) is 38.6 Å². The van der Waals surface area contributed by atoms with Crippen molar-refractivity contribution < 1.29 is 28.2 Å². The van der Waals surface area contributed by atoms with E-state index in [1.54, 1.807) is 12.1 Å². The van der Waals surface area contributed by atoms with Crippen LogP contribution < -0.4 is 16.4 Å². The van der Waals surface area contributed by atoms with Gasteiger partial charge in [0.1, 0.15) is 6.10 Å². The SMILES string of the molecule is CC(O)C(=O)O.CS(=O)(=O)c1cc(C(=O)N=C(N)N)ccc1N1CCCCC1. The number of sulfone groups is 1. The number of amides is 1. The lowest BCUT2D eigenvalue weighted by Gasteiger charge is -2.30. The fourth-order valence-corrected chi connectivity index (χ4v) is 3.44. The van der Waals surface area contributed by atoms with E-state index in [4.69, 9.17) is 21.7 Å². The number of nitrogens with two attached hydrogens (primary N) is 2. The number of rotatable bonds is 4. The predicted molar refractivity (Wildman–Crippen MR) is 105 cm³/mol.